The van der Waals surface area contributed by atoms with E-state index in [0.717, 1.165) is 4.31 Å². The average Bonchev–Trinajstić information content (AvgIpc) is 2.52. The number of nitrogens with one attached hydrogen (secondary N) is 1. The summed E-state index contributed by atoms with van der Waals surface area (Å²) in [7, 11) is 3.57. The lowest BCUT2D eigenvalue weighted by atomic mass is 10.1. The highest BCUT2D eigenvalue weighted by Gasteiger charge is 2.24. The molecule has 0 aliphatic rings. The Balaban J connectivity index is 2.78. The number of hydrogen-bond acceptors (Lipinski definition) is 5. The van der Waals surface area contributed by atoms with Gasteiger partial charge >= 0.3 is 12.0 Å². The van der Waals surface area contributed by atoms with E-state index in [0.29, 0.717) is 11.6 Å². The number of halogens is 2. The molecule has 7 nitrogen and oxygen atoms in total. The van der Waals surface area contributed by atoms with Crippen molar-refractivity contribution in [3.8, 4) is 0 Å². The first kappa shape index (κ1) is 21.6. The van der Waals surface area contributed by atoms with Gasteiger partial charge in [0, 0.05) is 18.5 Å². The van der Waals surface area contributed by atoms with Gasteiger partial charge in [0.15, 0.2) is 0 Å². The second-order valence-electron chi connectivity index (χ2n) is 5.58. The molecule has 0 bridgehead atoms. The van der Waals surface area contributed by atoms with Crippen LogP contribution in [0.4, 0.5) is 4.79 Å². The molecule has 0 radical (unpaired) electrons. The molecule has 0 aromatic heterocycles. The van der Waals surface area contributed by atoms with E-state index in [1.807, 2.05) is 0 Å². The summed E-state index contributed by atoms with van der Waals surface area (Å²) < 4.78 is 1.03. The van der Waals surface area contributed by atoms with E-state index in [1.54, 1.807) is 19.0 Å². The van der Waals surface area contributed by atoms with Crippen molar-refractivity contribution >= 4 is 53.9 Å². The number of urea groups is 1. The van der Waals surface area contributed by atoms with E-state index in [2.05, 4.69) is 18.1 Å². The number of imide groups is 1. The van der Waals surface area contributed by atoms with E-state index >= 15 is 0 Å². The maximum atomic E-state index is 12.2. The fraction of sp³-hybridized carbons (Fsp3) is 0.400. The highest BCUT2D eigenvalue weighted by atomic mass is 35.5. The summed E-state index contributed by atoms with van der Waals surface area (Å²) >= 11 is 15.8. The quantitative estimate of drug-likeness (QED) is 0.604. The number of likely N-dealkylation sites (N-methyl/N-ethyl adjacent to an activating group) is 1. The molecule has 0 aliphatic carbocycles. The number of carbonyl (C=O) groups is 3. The third-order valence-electron chi connectivity index (χ3n) is 3.22. The van der Waals surface area contributed by atoms with Gasteiger partial charge in [-0.05, 0) is 38.7 Å². The highest BCUT2D eigenvalue weighted by Crippen LogP contribution is 2.22. The van der Waals surface area contributed by atoms with Crippen molar-refractivity contribution < 1.29 is 19.5 Å². The molecule has 1 atom stereocenters. The van der Waals surface area contributed by atoms with Gasteiger partial charge in [-0.15, -0.1) is 0 Å². The predicted octanol–water partition coefficient (Wildman–Crippen LogP) is 2.79. The minimum absolute atomic E-state index is 0.121. The molecule has 1 aromatic rings. The van der Waals surface area contributed by atoms with Gasteiger partial charge in [-0.3, -0.25) is 19.2 Å². The monoisotopic (exact) mass is 407 g/mol. The normalized spacial score (nSPS) is 11.9. The number of carboxylic acid groups (broad SMARTS) is 1. The topological polar surface area (TPSA) is 90.0 Å². The molecule has 0 saturated carbocycles. The molecular weight excluding hydrogens is 389 g/mol. The molecule has 1 unspecified atom stereocenters. The summed E-state index contributed by atoms with van der Waals surface area (Å²) in [6, 6.07) is 2.98. The molecule has 1 rings (SSSR count). The highest BCUT2D eigenvalue weighted by molar-refractivity contribution is 7.78. The lowest BCUT2D eigenvalue weighted by molar-refractivity contribution is -0.137. The number of nitrogens with zero attached hydrogens (tertiary/aromatic N) is 2. The molecular formula is C15H19Cl2N3O4S. The molecule has 138 valence electrons. The summed E-state index contributed by atoms with van der Waals surface area (Å²) in [6.07, 6.45) is 0.0784. The number of benzene rings is 1. The van der Waals surface area contributed by atoms with Crippen molar-refractivity contribution in [1.29, 1.82) is 0 Å². The molecule has 1 aromatic carbocycles. The number of thiol groups is 1. The van der Waals surface area contributed by atoms with E-state index in [-0.39, 0.29) is 23.4 Å². The number of carbonyl (C=O) groups excluding carboxylic acids is 2. The summed E-state index contributed by atoms with van der Waals surface area (Å²) in [5.41, 5.74) is 0.166. The van der Waals surface area contributed by atoms with Crippen LogP contribution >= 0.6 is 36.0 Å². The molecule has 0 spiro atoms. The summed E-state index contributed by atoms with van der Waals surface area (Å²) in [6.45, 7) is 0.394. The molecule has 3 amide bonds. The molecule has 0 heterocycles. The van der Waals surface area contributed by atoms with Crippen molar-refractivity contribution in [2.24, 2.45) is 0 Å². The van der Waals surface area contributed by atoms with Crippen molar-refractivity contribution in [2.75, 3.05) is 20.6 Å². The van der Waals surface area contributed by atoms with Crippen molar-refractivity contribution in [3.05, 3.63) is 33.8 Å². The van der Waals surface area contributed by atoms with Gasteiger partial charge in [0.2, 0.25) is 0 Å². The van der Waals surface area contributed by atoms with Gasteiger partial charge in [-0.2, -0.15) is 0 Å². The minimum atomic E-state index is -0.974. The molecule has 0 aliphatic heterocycles. The van der Waals surface area contributed by atoms with Crippen LogP contribution in [0.3, 0.4) is 0 Å². The third-order valence-corrected chi connectivity index (χ3v) is 4.47. The Bertz CT molecular complexity index is 658. The zero-order valence-corrected chi connectivity index (χ0v) is 16.1. The van der Waals surface area contributed by atoms with Crippen LogP contribution in [0.25, 0.3) is 0 Å². The van der Waals surface area contributed by atoms with Gasteiger partial charge < -0.3 is 10.0 Å². The van der Waals surface area contributed by atoms with E-state index < -0.39 is 23.9 Å². The summed E-state index contributed by atoms with van der Waals surface area (Å²) in [4.78, 5) is 36.9. The Kier molecular flexibility index (Phi) is 8.51. The van der Waals surface area contributed by atoms with Crippen LogP contribution in [-0.4, -0.2) is 58.9 Å². The molecule has 25 heavy (non-hydrogen) atoms. The van der Waals surface area contributed by atoms with Crippen molar-refractivity contribution in [3.63, 3.8) is 0 Å². The van der Waals surface area contributed by atoms with Crippen molar-refractivity contribution in [1.82, 2.24) is 14.5 Å². The Morgan fingerprint density at radius 1 is 1.24 bits per heavy atom. The van der Waals surface area contributed by atoms with Crippen LogP contribution in [0.2, 0.25) is 10.0 Å². The second-order valence-corrected chi connectivity index (χ2v) is 6.83. The number of carboxylic acids is 1. The fourth-order valence-electron chi connectivity index (χ4n) is 2.03. The number of amides is 3. The number of hydrogen-bond donors (Lipinski definition) is 3. The summed E-state index contributed by atoms with van der Waals surface area (Å²) in [5.74, 6) is -1.64. The maximum absolute atomic E-state index is 12.2. The Morgan fingerprint density at radius 2 is 1.88 bits per heavy atom. The smallest absolute Gasteiger partial charge is 0.334 e. The molecule has 0 saturated heterocycles. The molecule has 0 fully saturated rings. The lowest BCUT2D eigenvalue weighted by Gasteiger charge is -2.28. The minimum Gasteiger partial charge on any atom is -0.481 e. The van der Waals surface area contributed by atoms with Crippen LogP contribution < -0.4 is 5.32 Å². The predicted molar refractivity (Wildman–Crippen MR) is 99.4 cm³/mol. The van der Waals surface area contributed by atoms with Gasteiger partial charge in [-0.25, -0.2) is 4.79 Å². The van der Waals surface area contributed by atoms with Crippen LogP contribution in [-0.2, 0) is 4.79 Å². The van der Waals surface area contributed by atoms with Crippen LogP contribution in [0.5, 0.6) is 0 Å². The van der Waals surface area contributed by atoms with Gasteiger partial charge in [0.05, 0.1) is 16.1 Å². The standard InChI is InChI=1S/C15H19Cl2N3O4S/c1-19(2)8-10(4-6-13(21)22)20(25)15(24)18-14(23)9-3-5-11(16)12(17)7-9/h3,5,7,10,25H,4,6,8H2,1-2H3,(H,21,22)(H,18,23,24). The maximum Gasteiger partial charge on any atom is 0.334 e. The molecule has 10 heteroatoms. The first-order chi connectivity index (χ1) is 11.6. The largest absolute Gasteiger partial charge is 0.481 e. The number of rotatable bonds is 7. The summed E-state index contributed by atoms with van der Waals surface area (Å²) in [5, 5.41) is 11.5. The van der Waals surface area contributed by atoms with Gasteiger partial charge in [0.25, 0.3) is 5.91 Å². The SMILES string of the molecule is CN(C)CC(CCC(=O)O)N(S)C(=O)NC(=O)c1ccc(Cl)c(Cl)c1. The van der Waals surface area contributed by atoms with Crippen LogP contribution in [0, 0.1) is 0 Å². The van der Waals surface area contributed by atoms with Gasteiger partial charge in [0.1, 0.15) is 0 Å². The molecule has 2 N–H and O–H groups in total. The third kappa shape index (κ3) is 7.11. The van der Waals surface area contributed by atoms with E-state index in [4.69, 9.17) is 28.3 Å². The van der Waals surface area contributed by atoms with E-state index in [1.165, 1.54) is 18.2 Å². The fourth-order valence-corrected chi connectivity index (χ4v) is 2.57. The zero-order valence-electron chi connectivity index (χ0n) is 13.7. The first-order valence-corrected chi connectivity index (χ1v) is 8.42. The van der Waals surface area contributed by atoms with E-state index in [9.17, 15) is 14.4 Å². The van der Waals surface area contributed by atoms with Crippen molar-refractivity contribution in [2.45, 2.75) is 18.9 Å². The second kappa shape index (κ2) is 9.86. The van der Waals surface area contributed by atoms with Gasteiger partial charge in [-0.1, -0.05) is 36.0 Å². The Morgan fingerprint density at radius 3 is 2.40 bits per heavy atom. The zero-order chi connectivity index (χ0) is 19.1. The lowest BCUT2D eigenvalue weighted by Crippen LogP contribution is -2.46. The average molecular weight is 408 g/mol. The number of aliphatic carboxylic acids is 1. The first-order valence-electron chi connectivity index (χ1n) is 7.26. The Labute approximate surface area is 161 Å². The van der Waals surface area contributed by atoms with Crippen LogP contribution in [0.1, 0.15) is 23.2 Å². The van der Waals surface area contributed by atoms with Crippen LogP contribution in [0.15, 0.2) is 18.2 Å². The Hall–Kier alpha value is -1.48.